The lowest BCUT2D eigenvalue weighted by Gasteiger charge is -2.38. The third-order valence-corrected chi connectivity index (χ3v) is 2.86. The molecule has 16 heavy (non-hydrogen) atoms. The van der Waals surface area contributed by atoms with Crippen LogP contribution in [0.15, 0.2) is 36.9 Å². The molecule has 2 aromatic heterocycles. The van der Waals surface area contributed by atoms with Crippen molar-refractivity contribution in [3.8, 4) is 0 Å². The van der Waals surface area contributed by atoms with Crippen molar-refractivity contribution < 1.29 is 0 Å². The number of aromatic nitrogens is 4. The lowest BCUT2D eigenvalue weighted by Crippen LogP contribution is -2.47. The van der Waals surface area contributed by atoms with Crippen LogP contribution >= 0.6 is 0 Å². The highest BCUT2D eigenvalue weighted by Crippen LogP contribution is 2.20. The predicted molar refractivity (Wildman–Crippen MR) is 58.6 cm³/mol. The van der Waals surface area contributed by atoms with E-state index >= 15 is 0 Å². The molecule has 0 aromatic carbocycles. The van der Waals surface area contributed by atoms with E-state index in [1.54, 1.807) is 17.2 Å². The molecule has 5 nitrogen and oxygen atoms in total. The first kappa shape index (κ1) is 9.47. The topological polar surface area (TPSA) is 46.8 Å². The maximum absolute atomic E-state index is 4.15. The molecular weight excluding hydrogens is 202 g/mol. The summed E-state index contributed by atoms with van der Waals surface area (Å²) in [4.78, 5) is 8.18. The highest BCUT2D eigenvalue weighted by Gasteiger charge is 2.28. The van der Waals surface area contributed by atoms with Crippen LogP contribution in [0.5, 0.6) is 0 Å². The molecular formula is C11H13N5. The molecule has 0 radical (unpaired) electrons. The smallest absolute Gasteiger partial charge is 0.0969 e. The van der Waals surface area contributed by atoms with Crippen LogP contribution in [0.1, 0.15) is 11.6 Å². The Labute approximate surface area is 93.7 Å². The Morgan fingerprint density at radius 3 is 2.44 bits per heavy atom. The summed E-state index contributed by atoms with van der Waals surface area (Å²) in [5.74, 6) is 0. The van der Waals surface area contributed by atoms with E-state index in [9.17, 15) is 0 Å². The van der Waals surface area contributed by atoms with Crippen molar-refractivity contribution in [2.24, 2.45) is 0 Å². The van der Waals surface area contributed by atoms with Crippen molar-refractivity contribution in [1.29, 1.82) is 0 Å². The largest absolute Gasteiger partial charge is 0.295 e. The van der Waals surface area contributed by atoms with Gasteiger partial charge in [-0.15, -0.1) is 0 Å². The van der Waals surface area contributed by atoms with Crippen LogP contribution in [0.4, 0.5) is 0 Å². The maximum Gasteiger partial charge on any atom is 0.0969 e. The van der Waals surface area contributed by atoms with Gasteiger partial charge in [-0.2, -0.15) is 15.0 Å². The van der Waals surface area contributed by atoms with Gasteiger partial charge in [0.15, 0.2) is 0 Å². The standard InChI is InChI=1S/C11H13N5/c1-3-12-4-2-10(1)7-15-8-11(9-15)16-13-5-6-14-16/h1-6,11H,7-9H2. The SMILES string of the molecule is c1cc(CN2CC(n3nccn3)C2)ccn1. The molecule has 0 amide bonds. The average Bonchev–Trinajstić information content (AvgIpc) is 2.77. The molecule has 2 aromatic rings. The number of nitrogens with zero attached hydrogens (tertiary/aromatic N) is 5. The summed E-state index contributed by atoms with van der Waals surface area (Å²) < 4.78 is 0. The molecule has 0 atom stereocenters. The molecule has 0 N–H and O–H groups in total. The van der Waals surface area contributed by atoms with E-state index in [-0.39, 0.29) is 0 Å². The van der Waals surface area contributed by atoms with Crippen LogP contribution in [0, 0.1) is 0 Å². The van der Waals surface area contributed by atoms with E-state index in [0.29, 0.717) is 6.04 Å². The fraction of sp³-hybridized carbons (Fsp3) is 0.364. The minimum Gasteiger partial charge on any atom is -0.295 e. The summed E-state index contributed by atoms with van der Waals surface area (Å²) in [7, 11) is 0. The van der Waals surface area contributed by atoms with Crippen LogP contribution in [0.25, 0.3) is 0 Å². The van der Waals surface area contributed by atoms with E-state index in [1.165, 1.54) is 5.56 Å². The van der Waals surface area contributed by atoms with Crippen LogP contribution in [0.3, 0.4) is 0 Å². The van der Waals surface area contributed by atoms with Crippen molar-refractivity contribution in [3.63, 3.8) is 0 Å². The molecule has 0 saturated carbocycles. The molecule has 0 spiro atoms. The highest BCUT2D eigenvalue weighted by atomic mass is 15.5. The van der Waals surface area contributed by atoms with Gasteiger partial charge in [0.25, 0.3) is 0 Å². The van der Waals surface area contributed by atoms with Gasteiger partial charge in [0.1, 0.15) is 0 Å². The normalized spacial score (nSPS) is 17.2. The molecule has 0 unspecified atom stereocenters. The molecule has 5 heteroatoms. The molecule has 82 valence electrons. The van der Waals surface area contributed by atoms with E-state index in [0.717, 1.165) is 19.6 Å². The van der Waals surface area contributed by atoms with Gasteiger partial charge in [-0.25, -0.2) is 0 Å². The Balaban J connectivity index is 1.55. The maximum atomic E-state index is 4.15. The van der Waals surface area contributed by atoms with Gasteiger partial charge in [0.2, 0.25) is 0 Å². The van der Waals surface area contributed by atoms with Crippen molar-refractivity contribution in [1.82, 2.24) is 24.9 Å². The third kappa shape index (κ3) is 1.81. The van der Waals surface area contributed by atoms with Crippen LogP contribution < -0.4 is 0 Å². The van der Waals surface area contributed by atoms with E-state index in [4.69, 9.17) is 0 Å². The molecule has 0 bridgehead atoms. The zero-order valence-electron chi connectivity index (χ0n) is 8.90. The quantitative estimate of drug-likeness (QED) is 0.757. The Morgan fingerprint density at radius 2 is 1.75 bits per heavy atom. The fourth-order valence-corrected chi connectivity index (χ4v) is 1.98. The Bertz CT molecular complexity index is 433. The second kappa shape index (κ2) is 4.02. The first-order chi connectivity index (χ1) is 7.92. The van der Waals surface area contributed by atoms with Crippen molar-refractivity contribution in [3.05, 3.63) is 42.5 Å². The molecule has 0 aliphatic carbocycles. The summed E-state index contributed by atoms with van der Waals surface area (Å²) >= 11 is 0. The summed E-state index contributed by atoms with van der Waals surface area (Å²) in [5.41, 5.74) is 1.31. The first-order valence-electron chi connectivity index (χ1n) is 5.39. The second-order valence-electron chi connectivity index (χ2n) is 4.05. The highest BCUT2D eigenvalue weighted by molar-refractivity contribution is 5.10. The Morgan fingerprint density at radius 1 is 1.06 bits per heavy atom. The fourth-order valence-electron chi connectivity index (χ4n) is 1.98. The Hall–Kier alpha value is -1.75. The van der Waals surface area contributed by atoms with Crippen molar-refractivity contribution >= 4 is 0 Å². The van der Waals surface area contributed by atoms with Gasteiger partial charge in [-0.1, -0.05) is 0 Å². The number of hydrogen-bond donors (Lipinski definition) is 0. The number of likely N-dealkylation sites (tertiary alicyclic amines) is 1. The van der Waals surface area contributed by atoms with Crippen LogP contribution in [0.2, 0.25) is 0 Å². The Kier molecular flexibility index (Phi) is 2.38. The van der Waals surface area contributed by atoms with Gasteiger partial charge >= 0.3 is 0 Å². The summed E-state index contributed by atoms with van der Waals surface area (Å²) in [6.07, 6.45) is 7.13. The van der Waals surface area contributed by atoms with E-state index in [2.05, 4.69) is 32.2 Å². The average molecular weight is 215 g/mol. The minimum absolute atomic E-state index is 0.442. The lowest BCUT2D eigenvalue weighted by atomic mass is 10.1. The molecule has 1 fully saturated rings. The summed E-state index contributed by atoms with van der Waals surface area (Å²) in [6.45, 7) is 3.04. The van der Waals surface area contributed by atoms with E-state index < -0.39 is 0 Å². The molecule has 1 aliphatic heterocycles. The number of hydrogen-bond acceptors (Lipinski definition) is 4. The second-order valence-corrected chi connectivity index (χ2v) is 4.05. The van der Waals surface area contributed by atoms with Gasteiger partial charge in [-0.3, -0.25) is 9.88 Å². The molecule has 3 rings (SSSR count). The molecule has 3 heterocycles. The van der Waals surface area contributed by atoms with Gasteiger partial charge in [0, 0.05) is 32.0 Å². The van der Waals surface area contributed by atoms with Crippen molar-refractivity contribution in [2.45, 2.75) is 12.6 Å². The summed E-state index contributed by atoms with van der Waals surface area (Å²) in [6, 6.07) is 4.55. The zero-order valence-corrected chi connectivity index (χ0v) is 8.90. The van der Waals surface area contributed by atoms with Crippen LogP contribution in [-0.2, 0) is 6.54 Å². The molecule has 1 aliphatic rings. The van der Waals surface area contributed by atoms with Crippen molar-refractivity contribution in [2.75, 3.05) is 13.1 Å². The van der Waals surface area contributed by atoms with E-state index in [1.807, 2.05) is 12.4 Å². The first-order valence-corrected chi connectivity index (χ1v) is 5.39. The lowest BCUT2D eigenvalue weighted by molar-refractivity contribution is 0.0814. The minimum atomic E-state index is 0.442. The zero-order chi connectivity index (χ0) is 10.8. The van der Waals surface area contributed by atoms with Gasteiger partial charge in [-0.05, 0) is 17.7 Å². The number of rotatable bonds is 3. The summed E-state index contributed by atoms with van der Waals surface area (Å²) in [5, 5.41) is 8.30. The molecule has 1 saturated heterocycles. The number of pyridine rings is 1. The monoisotopic (exact) mass is 215 g/mol. The van der Waals surface area contributed by atoms with Crippen LogP contribution in [-0.4, -0.2) is 38.0 Å². The predicted octanol–water partition coefficient (Wildman–Crippen LogP) is 0.730. The third-order valence-electron chi connectivity index (χ3n) is 2.86. The van der Waals surface area contributed by atoms with Gasteiger partial charge in [0.05, 0.1) is 18.4 Å². The van der Waals surface area contributed by atoms with Gasteiger partial charge < -0.3 is 0 Å².